The minimum atomic E-state index is 0.329. The third kappa shape index (κ3) is 4.00. The molecule has 18 heavy (non-hydrogen) atoms. The van der Waals surface area contributed by atoms with Gasteiger partial charge in [-0.25, -0.2) is 0 Å². The van der Waals surface area contributed by atoms with Crippen molar-refractivity contribution in [2.75, 3.05) is 26.2 Å². The monoisotopic (exact) mass is 248 g/mol. The fraction of sp³-hybridized carbons (Fsp3) is 0.600. The van der Waals surface area contributed by atoms with Crippen molar-refractivity contribution in [3.8, 4) is 5.75 Å². The van der Waals surface area contributed by atoms with E-state index in [1.54, 1.807) is 0 Å². The Morgan fingerprint density at radius 1 is 1.39 bits per heavy atom. The van der Waals surface area contributed by atoms with E-state index in [0.717, 1.165) is 31.9 Å². The van der Waals surface area contributed by atoms with Crippen molar-refractivity contribution in [1.82, 2.24) is 4.90 Å². The van der Waals surface area contributed by atoms with Gasteiger partial charge in [0.2, 0.25) is 0 Å². The minimum Gasteiger partial charge on any atom is -0.494 e. The molecule has 2 rings (SSSR count). The zero-order valence-electron chi connectivity index (χ0n) is 11.2. The van der Waals surface area contributed by atoms with Gasteiger partial charge in [-0.1, -0.05) is 18.2 Å². The van der Waals surface area contributed by atoms with E-state index in [-0.39, 0.29) is 0 Å². The van der Waals surface area contributed by atoms with Gasteiger partial charge in [0, 0.05) is 19.1 Å². The van der Waals surface area contributed by atoms with E-state index in [9.17, 15) is 0 Å². The van der Waals surface area contributed by atoms with Gasteiger partial charge >= 0.3 is 0 Å². The molecule has 0 saturated carbocycles. The quantitative estimate of drug-likeness (QED) is 0.784. The van der Waals surface area contributed by atoms with Crippen LogP contribution in [0.5, 0.6) is 5.75 Å². The molecule has 3 heteroatoms. The first-order valence-electron chi connectivity index (χ1n) is 6.91. The standard InChI is InChI=1S/C15H24N2O/c1-13(16)14-8-10-17(12-14)9-5-11-18-15-6-3-2-4-7-15/h2-4,6-7,13-14H,5,8-12,16H2,1H3. The molecule has 1 aliphatic heterocycles. The molecule has 2 N–H and O–H groups in total. The Morgan fingerprint density at radius 3 is 2.83 bits per heavy atom. The molecule has 1 saturated heterocycles. The van der Waals surface area contributed by atoms with Gasteiger partial charge in [0.15, 0.2) is 0 Å². The second kappa shape index (κ2) is 6.76. The zero-order chi connectivity index (χ0) is 12.8. The van der Waals surface area contributed by atoms with Crippen LogP contribution in [0.3, 0.4) is 0 Å². The summed E-state index contributed by atoms with van der Waals surface area (Å²) in [5.74, 6) is 1.65. The topological polar surface area (TPSA) is 38.5 Å². The lowest BCUT2D eigenvalue weighted by molar-refractivity contribution is 0.256. The van der Waals surface area contributed by atoms with E-state index >= 15 is 0 Å². The van der Waals surface area contributed by atoms with Crippen LogP contribution < -0.4 is 10.5 Å². The van der Waals surface area contributed by atoms with Crippen molar-refractivity contribution in [3.63, 3.8) is 0 Å². The molecular weight excluding hydrogens is 224 g/mol. The van der Waals surface area contributed by atoms with Gasteiger partial charge in [-0.15, -0.1) is 0 Å². The summed E-state index contributed by atoms with van der Waals surface area (Å²) < 4.78 is 5.69. The van der Waals surface area contributed by atoms with E-state index in [1.807, 2.05) is 30.3 Å². The third-order valence-electron chi connectivity index (χ3n) is 3.68. The maximum Gasteiger partial charge on any atom is 0.119 e. The maximum atomic E-state index is 5.94. The van der Waals surface area contributed by atoms with Crippen molar-refractivity contribution in [1.29, 1.82) is 0 Å². The fourth-order valence-electron chi connectivity index (χ4n) is 2.49. The lowest BCUT2D eigenvalue weighted by Crippen LogP contribution is -2.30. The number of hydrogen-bond donors (Lipinski definition) is 1. The second-order valence-electron chi connectivity index (χ2n) is 5.22. The molecule has 0 bridgehead atoms. The summed E-state index contributed by atoms with van der Waals surface area (Å²) in [5.41, 5.74) is 5.94. The van der Waals surface area contributed by atoms with Crippen molar-refractivity contribution in [2.24, 2.45) is 11.7 Å². The summed E-state index contributed by atoms with van der Waals surface area (Å²) in [4.78, 5) is 2.50. The Kier molecular flexibility index (Phi) is 5.02. The number of likely N-dealkylation sites (tertiary alicyclic amines) is 1. The van der Waals surface area contributed by atoms with Crippen molar-refractivity contribution < 1.29 is 4.74 Å². The van der Waals surface area contributed by atoms with Gasteiger partial charge in [-0.05, 0) is 44.4 Å². The minimum absolute atomic E-state index is 0.329. The highest BCUT2D eigenvalue weighted by Crippen LogP contribution is 2.18. The highest BCUT2D eigenvalue weighted by atomic mass is 16.5. The van der Waals surface area contributed by atoms with Gasteiger partial charge in [0.25, 0.3) is 0 Å². The van der Waals surface area contributed by atoms with Gasteiger partial charge in [0.05, 0.1) is 6.61 Å². The third-order valence-corrected chi connectivity index (χ3v) is 3.68. The highest BCUT2D eigenvalue weighted by molar-refractivity contribution is 5.20. The first-order chi connectivity index (χ1) is 8.75. The second-order valence-corrected chi connectivity index (χ2v) is 5.22. The molecule has 2 atom stereocenters. The van der Waals surface area contributed by atoms with Gasteiger partial charge in [-0.2, -0.15) is 0 Å². The van der Waals surface area contributed by atoms with Crippen LogP contribution in [0.4, 0.5) is 0 Å². The van der Waals surface area contributed by atoms with Gasteiger partial charge < -0.3 is 15.4 Å². The number of para-hydroxylation sites is 1. The van der Waals surface area contributed by atoms with Crippen LogP contribution in [0.1, 0.15) is 19.8 Å². The number of rotatable bonds is 6. The predicted octanol–water partition coefficient (Wildman–Crippen LogP) is 2.12. The molecule has 0 aromatic heterocycles. The van der Waals surface area contributed by atoms with Crippen LogP contribution in [0.15, 0.2) is 30.3 Å². The molecule has 0 amide bonds. The smallest absolute Gasteiger partial charge is 0.119 e. The molecule has 1 heterocycles. The van der Waals surface area contributed by atoms with Crippen LogP contribution in [-0.2, 0) is 0 Å². The molecule has 3 nitrogen and oxygen atoms in total. The van der Waals surface area contributed by atoms with Crippen molar-refractivity contribution >= 4 is 0 Å². The lowest BCUT2D eigenvalue weighted by Gasteiger charge is -2.17. The van der Waals surface area contributed by atoms with Crippen LogP contribution >= 0.6 is 0 Å². The Bertz CT molecular complexity index is 340. The first-order valence-corrected chi connectivity index (χ1v) is 6.91. The summed E-state index contributed by atoms with van der Waals surface area (Å²) >= 11 is 0. The van der Waals surface area contributed by atoms with E-state index in [0.29, 0.717) is 12.0 Å². The first kappa shape index (κ1) is 13.4. The van der Waals surface area contributed by atoms with Gasteiger partial charge in [0.1, 0.15) is 5.75 Å². The predicted molar refractivity (Wildman–Crippen MR) is 74.8 cm³/mol. The SMILES string of the molecule is CC(N)C1CCN(CCCOc2ccccc2)C1. The molecule has 1 fully saturated rings. The van der Waals surface area contributed by atoms with E-state index in [1.165, 1.54) is 13.0 Å². The number of nitrogens with two attached hydrogens (primary N) is 1. The number of nitrogens with zero attached hydrogens (tertiary/aromatic N) is 1. The van der Waals surface area contributed by atoms with Crippen LogP contribution in [0.2, 0.25) is 0 Å². The summed E-state index contributed by atoms with van der Waals surface area (Å²) in [7, 11) is 0. The lowest BCUT2D eigenvalue weighted by atomic mass is 10.0. The molecule has 1 aliphatic rings. The summed E-state index contributed by atoms with van der Waals surface area (Å²) in [6, 6.07) is 10.3. The Balaban J connectivity index is 1.59. The Labute approximate surface area is 110 Å². The van der Waals surface area contributed by atoms with Crippen LogP contribution in [0, 0.1) is 5.92 Å². The number of benzene rings is 1. The molecule has 0 spiro atoms. The molecule has 0 radical (unpaired) electrons. The summed E-state index contributed by atoms with van der Waals surface area (Å²) in [6.45, 7) is 6.38. The molecule has 1 aromatic rings. The Hall–Kier alpha value is -1.06. The van der Waals surface area contributed by atoms with E-state index < -0.39 is 0 Å². The maximum absolute atomic E-state index is 5.94. The highest BCUT2D eigenvalue weighted by Gasteiger charge is 2.24. The molecule has 100 valence electrons. The molecule has 1 aromatic carbocycles. The van der Waals surface area contributed by atoms with Crippen LogP contribution in [-0.4, -0.2) is 37.2 Å². The molecule has 2 unspecified atom stereocenters. The van der Waals surface area contributed by atoms with Crippen molar-refractivity contribution in [3.05, 3.63) is 30.3 Å². The largest absolute Gasteiger partial charge is 0.494 e. The Morgan fingerprint density at radius 2 is 2.17 bits per heavy atom. The molecule has 0 aliphatic carbocycles. The van der Waals surface area contributed by atoms with E-state index in [2.05, 4.69) is 11.8 Å². The molecular formula is C15H24N2O. The average Bonchev–Trinajstić information content (AvgIpc) is 2.85. The van der Waals surface area contributed by atoms with Crippen molar-refractivity contribution in [2.45, 2.75) is 25.8 Å². The summed E-state index contributed by atoms with van der Waals surface area (Å²) in [5, 5.41) is 0. The van der Waals surface area contributed by atoms with E-state index in [4.69, 9.17) is 10.5 Å². The summed E-state index contributed by atoms with van der Waals surface area (Å²) in [6.07, 6.45) is 2.33. The normalized spacial score (nSPS) is 22.0. The van der Waals surface area contributed by atoms with Gasteiger partial charge in [-0.3, -0.25) is 0 Å². The number of ether oxygens (including phenoxy) is 1. The van der Waals surface area contributed by atoms with Crippen LogP contribution in [0.25, 0.3) is 0 Å². The zero-order valence-corrected chi connectivity index (χ0v) is 11.2. The fourth-order valence-corrected chi connectivity index (χ4v) is 2.49. The average molecular weight is 248 g/mol. The number of hydrogen-bond acceptors (Lipinski definition) is 3.